The number of thioether (sulfide) groups is 1. The minimum atomic E-state index is -0.728. The smallest absolute Gasteiger partial charge is 0.303 e. The molecular weight excluding hydrogens is 226 g/mol. The molecule has 1 amide bonds. The monoisotopic (exact) mass is 245 g/mol. The van der Waals surface area contributed by atoms with Crippen LogP contribution in [-0.4, -0.2) is 35.0 Å². The maximum Gasteiger partial charge on any atom is 0.303 e. The van der Waals surface area contributed by atoms with Gasteiger partial charge in [-0.2, -0.15) is 11.8 Å². The van der Waals surface area contributed by atoms with Gasteiger partial charge in [0.05, 0.1) is 12.2 Å². The number of carbonyl (C=O) groups is 2. The van der Waals surface area contributed by atoms with Crippen molar-refractivity contribution in [3.8, 4) is 0 Å². The fraction of sp³-hybridized carbons (Fsp3) is 0.818. The fourth-order valence-electron chi connectivity index (χ4n) is 1.55. The van der Waals surface area contributed by atoms with E-state index in [1.54, 1.807) is 11.8 Å². The van der Waals surface area contributed by atoms with Crippen LogP contribution in [0.1, 0.15) is 32.6 Å². The highest BCUT2D eigenvalue weighted by Crippen LogP contribution is 2.50. The maximum atomic E-state index is 11.3. The van der Waals surface area contributed by atoms with Gasteiger partial charge >= 0.3 is 5.97 Å². The highest BCUT2D eigenvalue weighted by atomic mass is 32.2. The number of hydrogen-bond acceptors (Lipinski definition) is 3. The minimum absolute atomic E-state index is 0.0124. The zero-order valence-electron chi connectivity index (χ0n) is 9.62. The summed E-state index contributed by atoms with van der Waals surface area (Å²) in [6.45, 7) is 2.74. The average molecular weight is 245 g/mol. The van der Waals surface area contributed by atoms with Gasteiger partial charge in [-0.05, 0) is 30.4 Å². The molecule has 0 aromatic heterocycles. The summed E-state index contributed by atoms with van der Waals surface area (Å²) in [6, 6.07) is 0. The third-order valence-corrected chi connectivity index (χ3v) is 3.98. The second-order valence-corrected chi connectivity index (χ2v) is 5.40. The van der Waals surface area contributed by atoms with Crippen LogP contribution in [0.5, 0.6) is 0 Å². The van der Waals surface area contributed by atoms with E-state index in [0.717, 1.165) is 31.6 Å². The molecule has 4 nitrogen and oxygen atoms in total. The molecule has 0 aromatic rings. The van der Waals surface area contributed by atoms with Crippen molar-refractivity contribution in [1.29, 1.82) is 0 Å². The lowest BCUT2D eigenvalue weighted by Crippen LogP contribution is -2.26. The quantitative estimate of drug-likeness (QED) is 0.680. The largest absolute Gasteiger partial charge is 0.481 e. The highest BCUT2D eigenvalue weighted by Gasteiger charge is 2.44. The number of amides is 1. The minimum Gasteiger partial charge on any atom is -0.481 e. The molecule has 92 valence electrons. The molecular formula is C11H19NO3S. The first-order valence-corrected chi connectivity index (χ1v) is 6.80. The van der Waals surface area contributed by atoms with Gasteiger partial charge in [0.25, 0.3) is 0 Å². The summed E-state index contributed by atoms with van der Waals surface area (Å²) in [7, 11) is 0. The summed E-state index contributed by atoms with van der Waals surface area (Å²) in [4.78, 5) is 21.9. The van der Waals surface area contributed by atoms with Crippen LogP contribution < -0.4 is 5.32 Å². The van der Waals surface area contributed by atoms with Gasteiger partial charge in [0, 0.05) is 6.54 Å². The van der Waals surface area contributed by atoms with Gasteiger partial charge in [0.15, 0.2) is 0 Å². The molecule has 0 atom stereocenters. The lowest BCUT2D eigenvalue weighted by atomic mass is 10.1. The molecule has 0 heterocycles. The maximum absolute atomic E-state index is 11.3. The Morgan fingerprint density at radius 2 is 2.12 bits per heavy atom. The second-order valence-electron chi connectivity index (χ2n) is 4.41. The second kappa shape index (κ2) is 6.13. The Hall–Kier alpha value is -0.710. The Morgan fingerprint density at radius 3 is 2.62 bits per heavy atom. The molecule has 1 saturated carbocycles. The van der Waals surface area contributed by atoms with E-state index in [4.69, 9.17) is 5.11 Å². The van der Waals surface area contributed by atoms with Crippen LogP contribution >= 0.6 is 11.8 Å². The van der Waals surface area contributed by atoms with Crippen LogP contribution in [0.3, 0.4) is 0 Å². The van der Waals surface area contributed by atoms with Gasteiger partial charge in [0.1, 0.15) is 0 Å². The average Bonchev–Trinajstić information content (AvgIpc) is 2.94. The molecule has 1 rings (SSSR count). The predicted octanol–water partition coefficient (Wildman–Crippen LogP) is 1.50. The first kappa shape index (κ1) is 13.4. The van der Waals surface area contributed by atoms with E-state index in [0.29, 0.717) is 5.75 Å². The topological polar surface area (TPSA) is 66.4 Å². The van der Waals surface area contributed by atoms with Crippen molar-refractivity contribution in [2.45, 2.75) is 32.6 Å². The van der Waals surface area contributed by atoms with Gasteiger partial charge in [-0.15, -0.1) is 0 Å². The molecule has 5 heteroatoms. The van der Waals surface area contributed by atoms with Crippen molar-refractivity contribution in [1.82, 2.24) is 5.32 Å². The fourth-order valence-corrected chi connectivity index (χ4v) is 2.76. The van der Waals surface area contributed by atoms with Gasteiger partial charge in [-0.25, -0.2) is 0 Å². The molecule has 0 aromatic carbocycles. The van der Waals surface area contributed by atoms with Crippen LogP contribution in [0, 0.1) is 5.41 Å². The molecule has 0 spiro atoms. The molecule has 0 radical (unpaired) electrons. The van der Waals surface area contributed by atoms with Crippen LogP contribution in [0.15, 0.2) is 0 Å². The lowest BCUT2D eigenvalue weighted by molar-refractivity contribution is -0.138. The van der Waals surface area contributed by atoms with Crippen LogP contribution in [-0.2, 0) is 9.59 Å². The van der Waals surface area contributed by atoms with Crippen LogP contribution in [0.25, 0.3) is 0 Å². The first-order chi connectivity index (χ1) is 7.58. The molecule has 0 aliphatic heterocycles. The molecule has 0 bridgehead atoms. The van der Waals surface area contributed by atoms with Crippen molar-refractivity contribution in [2.75, 3.05) is 18.1 Å². The van der Waals surface area contributed by atoms with E-state index < -0.39 is 5.97 Å². The van der Waals surface area contributed by atoms with Crippen molar-refractivity contribution >= 4 is 23.6 Å². The van der Waals surface area contributed by atoms with Crippen LogP contribution in [0.2, 0.25) is 0 Å². The van der Waals surface area contributed by atoms with Gasteiger partial charge in [-0.3, -0.25) is 9.59 Å². The number of carbonyl (C=O) groups excluding carboxylic acids is 1. The van der Waals surface area contributed by atoms with Crippen molar-refractivity contribution in [2.24, 2.45) is 5.41 Å². The van der Waals surface area contributed by atoms with Crippen molar-refractivity contribution in [3.05, 3.63) is 0 Å². The number of hydrogen-bond donors (Lipinski definition) is 2. The molecule has 16 heavy (non-hydrogen) atoms. The van der Waals surface area contributed by atoms with Crippen LogP contribution in [0.4, 0.5) is 0 Å². The van der Waals surface area contributed by atoms with E-state index in [9.17, 15) is 9.59 Å². The van der Waals surface area contributed by atoms with Crippen molar-refractivity contribution in [3.63, 3.8) is 0 Å². The Kier molecular flexibility index (Phi) is 5.12. The molecule has 0 unspecified atom stereocenters. The summed E-state index contributed by atoms with van der Waals surface area (Å²) in [6.07, 6.45) is 3.17. The number of carboxylic acids is 1. The normalized spacial score (nSPS) is 16.8. The molecule has 0 saturated heterocycles. The highest BCUT2D eigenvalue weighted by molar-refractivity contribution is 7.99. The molecule has 1 fully saturated rings. The van der Waals surface area contributed by atoms with E-state index in [1.807, 2.05) is 6.92 Å². The Morgan fingerprint density at radius 1 is 1.44 bits per heavy atom. The summed E-state index contributed by atoms with van der Waals surface area (Å²) in [5.74, 6) is 0.562. The Labute approximate surface area is 100 Å². The summed E-state index contributed by atoms with van der Waals surface area (Å²) in [5.41, 5.74) is -0.0124. The number of aliphatic carboxylic acids is 1. The van der Waals surface area contributed by atoms with Gasteiger partial charge in [0.2, 0.25) is 5.91 Å². The SMILES string of the molecule is CCCNC(=O)CSCC1(CC(=O)O)CC1. The van der Waals surface area contributed by atoms with Gasteiger partial charge in [-0.1, -0.05) is 6.92 Å². The Balaban J connectivity index is 2.11. The zero-order valence-corrected chi connectivity index (χ0v) is 10.4. The van der Waals surface area contributed by atoms with E-state index in [1.165, 1.54) is 0 Å². The van der Waals surface area contributed by atoms with E-state index in [2.05, 4.69) is 5.32 Å². The van der Waals surface area contributed by atoms with Gasteiger partial charge < -0.3 is 10.4 Å². The van der Waals surface area contributed by atoms with E-state index >= 15 is 0 Å². The predicted molar refractivity (Wildman–Crippen MR) is 64.5 cm³/mol. The van der Waals surface area contributed by atoms with Crippen molar-refractivity contribution < 1.29 is 14.7 Å². The standard InChI is InChI=1S/C11H19NO3S/c1-2-5-12-9(13)7-16-8-11(3-4-11)6-10(14)15/h2-8H2,1H3,(H,12,13)(H,14,15). The first-order valence-electron chi connectivity index (χ1n) is 5.64. The Bertz CT molecular complexity index is 264. The molecule has 1 aliphatic rings. The third kappa shape index (κ3) is 4.88. The van der Waals surface area contributed by atoms with E-state index in [-0.39, 0.29) is 17.7 Å². The summed E-state index contributed by atoms with van der Waals surface area (Å²) < 4.78 is 0. The number of carboxylic acid groups (broad SMARTS) is 1. The molecule has 1 aliphatic carbocycles. The third-order valence-electron chi connectivity index (χ3n) is 2.70. The summed E-state index contributed by atoms with van der Waals surface area (Å²) >= 11 is 1.55. The number of rotatable bonds is 8. The zero-order chi connectivity index (χ0) is 12.0. The number of nitrogens with one attached hydrogen (secondary N) is 1. The molecule has 2 N–H and O–H groups in total. The summed E-state index contributed by atoms with van der Waals surface area (Å²) in [5, 5.41) is 11.5. The lowest BCUT2D eigenvalue weighted by Gasteiger charge is -2.11.